The van der Waals surface area contributed by atoms with Gasteiger partial charge in [0.05, 0.1) is 12.5 Å². The molecule has 0 spiro atoms. The number of nitrogens with two attached hydrogens (primary N) is 1. The van der Waals surface area contributed by atoms with Crippen LogP contribution >= 0.6 is 11.6 Å². The first kappa shape index (κ1) is 14.2. The van der Waals surface area contributed by atoms with Gasteiger partial charge in [0, 0.05) is 29.5 Å². The van der Waals surface area contributed by atoms with Crippen molar-refractivity contribution >= 4 is 23.0 Å². The molecule has 20 heavy (non-hydrogen) atoms. The summed E-state index contributed by atoms with van der Waals surface area (Å²) in [7, 11) is 0. The van der Waals surface area contributed by atoms with Crippen LogP contribution in [-0.4, -0.2) is 6.54 Å². The van der Waals surface area contributed by atoms with Crippen molar-refractivity contribution in [2.24, 2.45) is 0 Å². The zero-order chi connectivity index (χ0) is 14.4. The topological polar surface area (TPSA) is 53.0 Å². The van der Waals surface area contributed by atoms with Gasteiger partial charge in [-0.2, -0.15) is 5.26 Å². The van der Waals surface area contributed by atoms with Gasteiger partial charge in [-0.25, -0.2) is 0 Å². The molecule has 0 aliphatic rings. The Bertz CT molecular complexity index is 605. The van der Waals surface area contributed by atoms with Gasteiger partial charge >= 0.3 is 0 Å². The standard InChI is InChI=1S/C16H16ClN3/c17-16-8-7-14(19)11-13(16)12-20(10-4-9-18)15-5-2-1-3-6-15/h1-3,5-8,11H,4,10,12,19H2. The average Bonchev–Trinajstić information content (AvgIpc) is 2.48. The Morgan fingerprint density at radius 1 is 1.15 bits per heavy atom. The molecule has 0 fully saturated rings. The van der Waals surface area contributed by atoms with Crippen molar-refractivity contribution < 1.29 is 0 Å². The second-order valence-corrected chi connectivity index (χ2v) is 4.92. The second kappa shape index (κ2) is 6.83. The van der Waals surface area contributed by atoms with Crippen molar-refractivity contribution in [3.8, 4) is 6.07 Å². The van der Waals surface area contributed by atoms with E-state index < -0.39 is 0 Å². The van der Waals surface area contributed by atoms with Crippen molar-refractivity contribution in [3.05, 3.63) is 59.1 Å². The minimum atomic E-state index is 0.467. The first-order valence-corrected chi connectivity index (χ1v) is 6.79. The van der Waals surface area contributed by atoms with Crippen molar-refractivity contribution in [2.75, 3.05) is 17.2 Å². The number of para-hydroxylation sites is 1. The number of nitrogens with zero attached hydrogens (tertiary/aromatic N) is 2. The molecule has 2 N–H and O–H groups in total. The second-order valence-electron chi connectivity index (χ2n) is 4.52. The molecule has 0 aliphatic carbocycles. The quantitative estimate of drug-likeness (QED) is 0.849. The smallest absolute Gasteiger partial charge is 0.0640 e. The summed E-state index contributed by atoms with van der Waals surface area (Å²) in [6.07, 6.45) is 0.467. The first-order chi connectivity index (χ1) is 9.70. The van der Waals surface area contributed by atoms with E-state index in [0.717, 1.165) is 11.3 Å². The predicted octanol–water partition coefficient (Wildman–Crippen LogP) is 3.84. The van der Waals surface area contributed by atoms with Crippen LogP contribution in [0.25, 0.3) is 0 Å². The molecule has 0 saturated heterocycles. The molecule has 0 unspecified atom stereocenters. The monoisotopic (exact) mass is 285 g/mol. The maximum Gasteiger partial charge on any atom is 0.0640 e. The molecule has 0 aromatic heterocycles. The largest absolute Gasteiger partial charge is 0.399 e. The molecule has 0 atom stereocenters. The van der Waals surface area contributed by atoms with E-state index in [2.05, 4.69) is 11.0 Å². The van der Waals surface area contributed by atoms with Gasteiger partial charge in [0.15, 0.2) is 0 Å². The van der Waals surface area contributed by atoms with Gasteiger partial charge in [0.2, 0.25) is 0 Å². The van der Waals surface area contributed by atoms with Crippen molar-refractivity contribution in [1.29, 1.82) is 5.26 Å². The summed E-state index contributed by atoms with van der Waals surface area (Å²) in [6.45, 7) is 1.29. The Hall–Kier alpha value is -2.18. The molecule has 2 rings (SSSR count). The molecule has 2 aromatic rings. The minimum absolute atomic E-state index is 0.467. The molecular formula is C16H16ClN3. The van der Waals surface area contributed by atoms with E-state index >= 15 is 0 Å². The van der Waals surface area contributed by atoms with Gasteiger partial charge in [-0.15, -0.1) is 0 Å². The maximum atomic E-state index is 8.80. The molecule has 102 valence electrons. The zero-order valence-electron chi connectivity index (χ0n) is 11.1. The third kappa shape index (κ3) is 3.66. The van der Waals surface area contributed by atoms with Crippen LogP contribution in [0.3, 0.4) is 0 Å². The fourth-order valence-corrected chi connectivity index (χ4v) is 2.22. The molecule has 0 aliphatic heterocycles. The molecule has 2 aromatic carbocycles. The molecule has 0 amide bonds. The van der Waals surface area contributed by atoms with Crippen LogP contribution < -0.4 is 10.6 Å². The SMILES string of the molecule is N#CCCN(Cc1cc(N)ccc1Cl)c1ccccc1. The Balaban J connectivity index is 2.24. The summed E-state index contributed by atoms with van der Waals surface area (Å²) in [5.41, 5.74) is 8.54. The summed E-state index contributed by atoms with van der Waals surface area (Å²) in [4.78, 5) is 2.13. The zero-order valence-corrected chi connectivity index (χ0v) is 11.8. The Kier molecular flexibility index (Phi) is 4.86. The van der Waals surface area contributed by atoms with Gasteiger partial charge in [0.25, 0.3) is 0 Å². The van der Waals surface area contributed by atoms with Gasteiger partial charge in [0.1, 0.15) is 0 Å². The maximum absolute atomic E-state index is 8.80. The number of nitrogen functional groups attached to an aromatic ring is 1. The van der Waals surface area contributed by atoms with Crippen LogP contribution in [0.2, 0.25) is 5.02 Å². The van der Waals surface area contributed by atoms with Gasteiger partial charge in [-0.05, 0) is 35.9 Å². The lowest BCUT2D eigenvalue weighted by atomic mass is 10.1. The molecule has 0 saturated carbocycles. The number of halogens is 1. The molecule has 0 heterocycles. The lowest BCUT2D eigenvalue weighted by Crippen LogP contribution is -2.23. The van der Waals surface area contributed by atoms with Crippen molar-refractivity contribution in [2.45, 2.75) is 13.0 Å². The summed E-state index contributed by atoms with van der Waals surface area (Å²) in [5.74, 6) is 0. The minimum Gasteiger partial charge on any atom is -0.399 e. The van der Waals surface area contributed by atoms with Crippen LogP contribution in [0.15, 0.2) is 48.5 Å². The van der Waals surface area contributed by atoms with Gasteiger partial charge in [-0.1, -0.05) is 29.8 Å². The van der Waals surface area contributed by atoms with Crippen LogP contribution in [0.1, 0.15) is 12.0 Å². The Morgan fingerprint density at radius 3 is 2.60 bits per heavy atom. The average molecular weight is 286 g/mol. The van der Waals surface area contributed by atoms with E-state index in [-0.39, 0.29) is 0 Å². The number of nitriles is 1. The van der Waals surface area contributed by atoms with E-state index in [9.17, 15) is 0 Å². The van der Waals surface area contributed by atoms with E-state index in [4.69, 9.17) is 22.6 Å². The lowest BCUT2D eigenvalue weighted by molar-refractivity contribution is 0.798. The summed E-state index contributed by atoms with van der Waals surface area (Å²) in [5, 5.41) is 9.50. The van der Waals surface area contributed by atoms with E-state index in [0.29, 0.717) is 30.2 Å². The van der Waals surface area contributed by atoms with E-state index in [1.807, 2.05) is 36.4 Å². The highest BCUT2D eigenvalue weighted by Gasteiger charge is 2.09. The number of hydrogen-bond acceptors (Lipinski definition) is 3. The number of rotatable bonds is 5. The van der Waals surface area contributed by atoms with Crippen LogP contribution in [0.5, 0.6) is 0 Å². The van der Waals surface area contributed by atoms with Crippen molar-refractivity contribution in [1.82, 2.24) is 0 Å². The molecule has 4 heteroatoms. The number of hydrogen-bond donors (Lipinski definition) is 1. The van der Waals surface area contributed by atoms with Crippen LogP contribution in [0.4, 0.5) is 11.4 Å². The van der Waals surface area contributed by atoms with E-state index in [1.54, 1.807) is 12.1 Å². The third-order valence-corrected chi connectivity index (χ3v) is 3.41. The molecule has 0 radical (unpaired) electrons. The third-order valence-electron chi connectivity index (χ3n) is 3.05. The fraction of sp³-hybridized carbons (Fsp3) is 0.188. The highest BCUT2D eigenvalue weighted by molar-refractivity contribution is 6.31. The molecule has 3 nitrogen and oxygen atoms in total. The predicted molar refractivity (Wildman–Crippen MR) is 83.6 cm³/mol. The highest BCUT2D eigenvalue weighted by atomic mass is 35.5. The van der Waals surface area contributed by atoms with Crippen LogP contribution in [-0.2, 0) is 6.54 Å². The number of benzene rings is 2. The van der Waals surface area contributed by atoms with Gasteiger partial charge < -0.3 is 10.6 Å². The normalized spacial score (nSPS) is 10.0. The molecular weight excluding hydrogens is 270 g/mol. The van der Waals surface area contributed by atoms with Crippen molar-refractivity contribution in [3.63, 3.8) is 0 Å². The highest BCUT2D eigenvalue weighted by Crippen LogP contribution is 2.23. The van der Waals surface area contributed by atoms with Crippen LogP contribution in [0, 0.1) is 11.3 Å². The summed E-state index contributed by atoms with van der Waals surface area (Å²) >= 11 is 6.21. The Labute approximate surface area is 124 Å². The number of anilines is 2. The first-order valence-electron chi connectivity index (χ1n) is 6.41. The summed E-state index contributed by atoms with van der Waals surface area (Å²) < 4.78 is 0. The lowest BCUT2D eigenvalue weighted by Gasteiger charge is -2.24. The molecule has 0 bridgehead atoms. The fourth-order valence-electron chi connectivity index (χ4n) is 2.04. The van der Waals surface area contributed by atoms with E-state index in [1.165, 1.54) is 0 Å². The van der Waals surface area contributed by atoms with Gasteiger partial charge in [-0.3, -0.25) is 0 Å². The Morgan fingerprint density at radius 2 is 1.90 bits per heavy atom. The summed E-state index contributed by atoms with van der Waals surface area (Å²) in [6, 6.07) is 17.6.